The third kappa shape index (κ3) is 4.84. The van der Waals surface area contributed by atoms with E-state index in [2.05, 4.69) is 9.88 Å². The zero-order valence-corrected chi connectivity index (χ0v) is 19.6. The van der Waals surface area contributed by atoms with Crippen molar-refractivity contribution in [3.63, 3.8) is 0 Å². The lowest BCUT2D eigenvalue weighted by atomic mass is 10.0. The van der Waals surface area contributed by atoms with E-state index in [1.165, 1.54) is 29.2 Å². The van der Waals surface area contributed by atoms with E-state index in [9.17, 15) is 22.4 Å². The number of hydrogen-bond acceptors (Lipinski definition) is 5. The van der Waals surface area contributed by atoms with Gasteiger partial charge in [-0.05, 0) is 61.7 Å². The number of aryl methyl sites for hydroxylation is 1. The monoisotopic (exact) mass is 500 g/mol. The van der Waals surface area contributed by atoms with Crippen LogP contribution in [-0.4, -0.2) is 40.4 Å². The minimum atomic E-state index is -4.54. The van der Waals surface area contributed by atoms with E-state index in [4.69, 9.17) is 9.72 Å². The smallest absolute Gasteiger partial charge is 0.416 e. The van der Waals surface area contributed by atoms with Gasteiger partial charge in [-0.3, -0.25) is 4.79 Å². The largest absolute Gasteiger partial charge is 0.438 e. The van der Waals surface area contributed by atoms with Crippen LogP contribution in [0.3, 0.4) is 0 Å². The Morgan fingerprint density at radius 3 is 2.53 bits per heavy atom. The van der Waals surface area contributed by atoms with Crippen molar-refractivity contribution in [3.8, 4) is 11.6 Å². The van der Waals surface area contributed by atoms with Crippen molar-refractivity contribution in [3.05, 3.63) is 76.2 Å². The summed E-state index contributed by atoms with van der Waals surface area (Å²) in [6.07, 6.45) is -2.07. The summed E-state index contributed by atoms with van der Waals surface area (Å²) < 4.78 is 59.4. The molecular formula is C26H24F4N4O2. The van der Waals surface area contributed by atoms with Crippen molar-refractivity contribution in [1.82, 2.24) is 14.9 Å². The molecule has 0 atom stereocenters. The molecule has 0 bridgehead atoms. The molecule has 3 aromatic rings. The van der Waals surface area contributed by atoms with Crippen LogP contribution < -0.4 is 9.64 Å². The van der Waals surface area contributed by atoms with Crippen molar-refractivity contribution in [2.45, 2.75) is 38.9 Å². The Morgan fingerprint density at radius 1 is 1.03 bits per heavy atom. The molecule has 2 aliphatic rings. The van der Waals surface area contributed by atoms with Gasteiger partial charge in [0.25, 0.3) is 5.91 Å². The van der Waals surface area contributed by atoms with E-state index in [0.717, 1.165) is 43.8 Å². The summed E-state index contributed by atoms with van der Waals surface area (Å²) in [6.45, 7) is 3.67. The molecular weight excluding hydrogens is 476 g/mol. The zero-order valence-electron chi connectivity index (χ0n) is 19.6. The number of halogens is 4. The lowest BCUT2D eigenvalue weighted by Crippen LogP contribution is -2.37. The molecule has 36 heavy (non-hydrogen) atoms. The maximum absolute atomic E-state index is 13.8. The van der Waals surface area contributed by atoms with Crippen LogP contribution in [0, 0.1) is 12.7 Å². The van der Waals surface area contributed by atoms with Crippen molar-refractivity contribution >= 4 is 11.9 Å². The van der Waals surface area contributed by atoms with Crippen LogP contribution in [0.15, 0.2) is 42.5 Å². The second-order valence-corrected chi connectivity index (χ2v) is 9.02. The predicted octanol–water partition coefficient (Wildman–Crippen LogP) is 5.53. The molecule has 188 valence electrons. The molecule has 0 radical (unpaired) electrons. The molecule has 2 aromatic carbocycles. The molecule has 0 N–H and O–H groups in total. The number of carbonyl (C=O) groups excluding carboxylic acids is 1. The third-order valence-corrected chi connectivity index (χ3v) is 6.47. The van der Waals surface area contributed by atoms with E-state index in [1.807, 2.05) is 0 Å². The summed E-state index contributed by atoms with van der Waals surface area (Å²) in [5.74, 6) is 0.317. The number of ether oxygens (including phenoxy) is 1. The number of carbonyl (C=O) groups is 1. The van der Waals surface area contributed by atoms with Gasteiger partial charge in [0.2, 0.25) is 11.8 Å². The van der Waals surface area contributed by atoms with Gasteiger partial charge in [0.05, 0.1) is 23.4 Å². The molecule has 6 nitrogen and oxygen atoms in total. The number of rotatable bonds is 4. The summed E-state index contributed by atoms with van der Waals surface area (Å²) in [6, 6.07) is 8.78. The van der Waals surface area contributed by atoms with Crippen LogP contribution in [0.5, 0.6) is 11.6 Å². The number of amides is 1. The molecule has 0 unspecified atom stereocenters. The Morgan fingerprint density at radius 2 is 1.81 bits per heavy atom. The van der Waals surface area contributed by atoms with Crippen molar-refractivity contribution in [1.29, 1.82) is 0 Å². The summed E-state index contributed by atoms with van der Waals surface area (Å²) in [5, 5.41) is 0. The van der Waals surface area contributed by atoms with Gasteiger partial charge in [0.1, 0.15) is 11.6 Å². The molecule has 5 rings (SSSR count). The number of alkyl halides is 3. The maximum atomic E-state index is 13.8. The average molecular weight is 500 g/mol. The van der Waals surface area contributed by atoms with Crippen molar-refractivity contribution in [2.24, 2.45) is 0 Å². The van der Waals surface area contributed by atoms with Gasteiger partial charge in [-0.1, -0.05) is 6.07 Å². The second-order valence-electron chi connectivity index (χ2n) is 9.02. The molecule has 1 saturated heterocycles. The Bertz CT molecular complexity index is 1310. The van der Waals surface area contributed by atoms with Gasteiger partial charge in [0, 0.05) is 31.6 Å². The molecule has 3 heterocycles. The fourth-order valence-corrected chi connectivity index (χ4v) is 4.49. The number of benzene rings is 2. The van der Waals surface area contributed by atoms with E-state index in [1.54, 1.807) is 13.0 Å². The number of hydrogen-bond donors (Lipinski definition) is 0. The van der Waals surface area contributed by atoms with E-state index < -0.39 is 17.6 Å². The molecule has 2 aliphatic heterocycles. The first-order valence-electron chi connectivity index (χ1n) is 11.7. The minimum Gasteiger partial charge on any atom is -0.438 e. The highest BCUT2D eigenvalue weighted by Gasteiger charge is 2.33. The first-order chi connectivity index (χ1) is 17.2. The highest BCUT2D eigenvalue weighted by Crippen LogP contribution is 2.34. The fourth-order valence-electron chi connectivity index (χ4n) is 4.49. The van der Waals surface area contributed by atoms with Gasteiger partial charge in [-0.15, -0.1) is 0 Å². The van der Waals surface area contributed by atoms with Gasteiger partial charge in [-0.2, -0.15) is 18.2 Å². The molecule has 0 aliphatic carbocycles. The fraction of sp³-hybridized carbons (Fsp3) is 0.346. The number of aromatic nitrogens is 2. The van der Waals surface area contributed by atoms with Crippen LogP contribution in [0.4, 0.5) is 23.5 Å². The van der Waals surface area contributed by atoms with Crippen LogP contribution in [-0.2, 0) is 19.1 Å². The highest BCUT2D eigenvalue weighted by atomic mass is 19.4. The number of anilines is 1. The normalized spacial score (nSPS) is 15.7. The molecule has 1 aromatic heterocycles. The Kier molecular flexibility index (Phi) is 6.27. The van der Waals surface area contributed by atoms with E-state index in [-0.39, 0.29) is 23.8 Å². The van der Waals surface area contributed by atoms with Crippen LogP contribution in [0.2, 0.25) is 0 Å². The topological polar surface area (TPSA) is 58.6 Å². The van der Waals surface area contributed by atoms with Gasteiger partial charge in [0.15, 0.2) is 0 Å². The standard InChI is InChI=1S/C26H24F4N4O2/c1-16-13-19(7-8-21(16)27)36-23-20-15-34(24(35)17-5-4-6-18(14-17)26(28,29)30)12-9-22(20)31-25(32-23)33-10-2-3-11-33/h4-8,13-14H,2-3,9-12,15H2,1H3. The van der Waals surface area contributed by atoms with Gasteiger partial charge in [-0.25, -0.2) is 9.37 Å². The Balaban J connectivity index is 1.48. The number of nitrogens with zero attached hydrogens (tertiary/aromatic N) is 4. The van der Waals surface area contributed by atoms with Crippen molar-refractivity contribution < 1.29 is 27.1 Å². The zero-order chi connectivity index (χ0) is 25.4. The van der Waals surface area contributed by atoms with Gasteiger partial charge >= 0.3 is 6.18 Å². The number of fused-ring (bicyclic) bond motifs is 1. The maximum Gasteiger partial charge on any atom is 0.416 e. The summed E-state index contributed by atoms with van der Waals surface area (Å²) >= 11 is 0. The lowest BCUT2D eigenvalue weighted by molar-refractivity contribution is -0.137. The van der Waals surface area contributed by atoms with Crippen molar-refractivity contribution in [2.75, 3.05) is 24.5 Å². The van der Waals surface area contributed by atoms with Gasteiger partial charge < -0.3 is 14.5 Å². The molecule has 0 saturated carbocycles. The minimum absolute atomic E-state index is 0.0421. The van der Waals surface area contributed by atoms with E-state index >= 15 is 0 Å². The molecule has 1 fully saturated rings. The summed E-state index contributed by atoms with van der Waals surface area (Å²) in [5.41, 5.74) is 0.816. The molecule has 10 heteroatoms. The van der Waals surface area contributed by atoms with Crippen LogP contribution in [0.1, 0.15) is 45.6 Å². The van der Waals surface area contributed by atoms with Crippen LogP contribution in [0.25, 0.3) is 0 Å². The lowest BCUT2D eigenvalue weighted by Gasteiger charge is -2.30. The summed E-state index contributed by atoms with van der Waals surface area (Å²) in [7, 11) is 0. The SMILES string of the molecule is Cc1cc(Oc2nc(N3CCCC3)nc3c2CN(C(=O)c2cccc(C(F)(F)F)c2)CC3)ccc1F. The Labute approximate surface area is 205 Å². The predicted molar refractivity (Wildman–Crippen MR) is 125 cm³/mol. The summed E-state index contributed by atoms with van der Waals surface area (Å²) in [4.78, 5) is 26.1. The first kappa shape index (κ1) is 24.0. The molecule has 1 amide bonds. The Hall–Kier alpha value is -3.69. The average Bonchev–Trinajstić information content (AvgIpc) is 3.40. The molecule has 0 spiro atoms. The quantitative estimate of drug-likeness (QED) is 0.441. The van der Waals surface area contributed by atoms with Crippen LogP contribution >= 0.6 is 0 Å². The second kappa shape index (κ2) is 9.40. The highest BCUT2D eigenvalue weighted by molar-refractivity contribution is 5.94. The third-order valence-electron chi connectivity index (χ3n) is 6.47. The first-order valence-corrected chi connectivity index (χ1v) is 11.7. The van der Waals surface area contributed by atoms with E-state index in [0.29, 0.717) is 35.8 Å².